The predicted molar refractivity (Wildman–Crippen MR) is 127 cm³/mol. The molecule has 0 aliphatic heterocycles. The number of rotatable bonds is 8. The van der Waals surface area contributed by atoms with Crippen molar-refractivity contribution in [3.8, 4) is 11.3 Å². The first-order valence-corrected chi connectivity index (χ1v) is 11.3. The highest BCUT2D eigenvalue weighted by atomic mass is 32.2. The summed E-state index contributed by atoms with van der Waals surface area (Å²) in [5.41, 5.74) is 5.16. The molecule has 0 atom stereocenters. The fourth-order valence-electron chi connectivity index (χ4n) is 3.30. The van der Waals surface area contributed by atoms with Gasteiger partial charge in [-0.05, 0) is 30.2 Å². The summed E-state index contributed by atoms with van der Waals surface area (Å²) < 4.78 is 1.86. The maximum Gasteiger partial charge on any atom is 0.235 e. The van der Waals surface area contributed by atoms with Gasteiger partial charge in [-0.3, -0.25) is 9.78 Å². The van der Waals surface area contributed by atoms with E-state index in [0.717, 1.165) is 28.1 Å². The van der Waals surface area contributed by atoms with E-state index >= 15 is 0 Å². The summed E-state index contributed by atoms with van der Waals surface area (Å²) >= 11 is 1.54. The molecule has 2 heterocycles. The molecule has 31 heavy (non-hydrogen) atoms. The summed E-state index contributed by atoms with van der Waals surface area (Å²) in [5, 5.41) is 7.85. The van der Waals surface area contributed by atoms with Crippen molar-refractivity contribution < 1.29 is 4.79 Å². The number of nitrogens with one attached hydrogen (secondary N) is 1. The van der Waals surface area contributed by atoms with Crippen molar-refractivity contribution in [1.29, 1.82) is 0 Å². The molecule has 0 radical (unpaired) electrons. The second kappa shape index (κ2) is 10.1. The summed E-state index contributed by atoms with van der Waals surface area (Å²) in [4.78, 5) is 16.9. The number of pyridine rings is 1. The van der Waals surface area contributed by atoms with Crippen molar-refractivity contribution in [3.05, 3.63) is 102 Å². The van der Waals surface area contributed by atoms with Crippen LogP contribution in [-0.4, -0.2) is 26.4 Å². The van der Waals surface area contributed by atoms with Crippen LogP contribution in [0, 0.1) is 6.92 Å². The van der Waals surface area contributed by atoms with Crippen LogP contribution in [-0.2, 0) is 17.1 Å². The molecule has 0 unspecified atom stereocenters. The molecule has 2 aromatic carbocycles. The number of benzene rings is 2. The van der Waals surface area contributed by atoms with Crippen LogP contribution in [0.25, 0.3) is 11.3 Å². The van der Waals surface area contributed by atoms with Gasteiger partial charge in [-0.2, -0.15) is 5.10 Å². The Bertz CT molecular complexity index is 1140. The summed E-state index contributed by atoms with van der Waals surface area (Å²) in [6.07, 6.45) is 1.77. The molecule has 1 amide bonds. The average Bonchev–Trinajstić information content (AvgIpc) is 3.17. The lowest BCUT2D eigenvalue weighted by atomic mass is 10.1. The van der Waals surface area contributed by atoms with Crippen LogP contribution in [0.1, 0.15) is 16.8 Å². The van der Waals surface area contributed by atoms with E-state index in [1.807, 2.05) is 59.3 Å². The topological polar surface area (TPSA) is 59.8 Å². The molecule has 0 saturated carbocycles. The number of aromatic nitrogens is 3. The van der Waals surface area contributed by atoms with E-state index in [0.29, 0.717) is 23.9 Å². The Morgan fingerprint density at radius 1 is 1.00 bits per heavy atom. The Morgan fingerprint density at radius 2 is 1.77 bits per heavy atom. The Balaban J connectivity index is 1.50. The van der Waals surface area contributed by atoms with Gasteiger partial charge >= 0.3 is 0 Å². The summed E-state index contributed by atoms with van der Waals surface area (Å²) in [5.74, 6) is 1.70. The summed E-state index contributed by atoms with van der Waals surface area (Å²) in [6.45, 7) is 2.65. The maximum absolute atomic E-state index is 12.6. The van der Waals surface area contributed by atoms with Crippen molar-refractivity contribution in [2.45, 2.75) is 19.2 Å². The van der Waals surface area contributed by atoms with Gasteiger partial charge in [-0.15, -0.1) is 11.8 Å². The minimum absolute atomic E-state index is 0.0496. The Morgan fingerprint density at radius 3 is 2.55 bits per heavy atom. The quantitative estimate of drug-likeness (QED) is 0.420. The van der Waals surface area contributed by atoms with Gasteiger partial charge < -0.3 is 5.32 Å². The zero-order valence-electron chi connectivity index (χ0n) is 17.4. The van der Waals surface area contributed by atoms with E-state index in [1.54, 1.807) is 18.0 Å². The SMILES string of the molecule is Cc1ccccc1-c1cc(NC(=O)CSCc2ccccn2)n(Cc2ccccc2)n1. The third-order valence-corrected chi connectivity index (χ3v) is 5.82. The number of thioether (sulfide) groups is 1. The molecule has 4 aromatic rings. The molecule has 4 rings (SSSR count). The van der Waals surface area contributed by atoms with E-state index in [4.69, 9.17) is 5.10 Å². The van der Waals surface area contributed by atoms with Crippen molar-refractivity contribution in [2.75, 3.05) is 11.1 Å². The van der Waals surface area contributed by atoms with Gasteiger partial charge in [0.2, 0.25) is 5.91 Å². The fourth-order valence-corrected chi connectivity index (χ4v) is 4.04. The van der Waals surface area contributed by atoms with Gasteiger partial charge in [-0.1, -0.05) is 60.7 Å². The molecule has 2 aromatic heterocycles. The molecule has 6 heteroatoms. The minimum Gasteiger partial charge on any atom is -0.310 e. The third kappa shape index (κ3) is 5.61. The number of amides is 1. The Labute approximate surface area is 186 Å². The lowest BCUT2D eigenvalue weighted by molar-refractivity contribution is -0.113. The number of hydrogen-bond acceptors (Lipinski definition) is 4. The number of hydrogen-bond donors (Lipinski definition) is 1. The van der Waals surface area contributed by atoms with Gasteiger partial charge in [0.15, 0.2) is 0 Å². The standard InChI is InChI=1S/C25H24N4OS/c1-19-9-5-6-13-22(19)23-15-24(29(28-23)16-20-10-3-2-4-11-20)27-25(30)18-31-17-21-12-7-8-14-26-21/h2-15H,16-18H2,1H3,(H,27,30). The smallest absolute Gasteiger partial charge is 0.235 e. The molecule has 0 bridgehead atoms. The Kier molecular flexibility index (Phi) is 6.79. The third-order valence-electron chi connectivity index (χ3n) is 4.85. The van der Waals surface area contributed by atoms with Gasteiger partial charge in [0.25, 0.3) is 0 Å². The molecular weight excluding hydrogens is 404 g/mol. The molecule has 0 fully saturated rings. The first-order chi connectivity index (χ1) is 15.2. The van der Waals surface area contributed by atoms with Gasteiger partial charge in [0.1, 0.15) is 5.82 Å². The normalized spacial score (nSPS) is 10.7. The maximum atomic E-state index is 12.6. The zero-order valence-corrected chi connectivity index (χ0v) is 18.2. The van der Waals surface area contributed by atoms with Crippen LogP contribution < -0.4 is 5.32 Å². The highest BCUT2D eigenvalue weighted by Gasteiger charge is 2.14. The lowest BCUT2D eigenvalue weighted by Crippen LogP contribution is -2.18. The van der Waals surface area contributed by atoms with E-state index in [9.17, 15) is 4.79 Å². The average molecular weight is 429 g/mol. The van der Waals surface area contributed by atoms with Gasteiger partial charge in [0, 0.05) is 23.6 Å². The molecule has 5 nitrogen and oxygen atoms in total. The molecule has 0 aliphatic carbocycles. The zero-order chi connectivity index (χ0) is 21.5. The van der Waals surface area contributed by atoms with E-state index in [-0.39, 0.29) is 5.91 Å². The number of anilines is 1. The van der Waals surface area contributed by atoms with Gasteiger partial charge in [0.05, 0.1) is 23.7 Å². The lowest BCUT2D eigenvalue weighted by Gasteiger charge is -2.09. The second-order valence-corrected chi connectivity index (χ2v) is 8.22. The largest absolute Gasteiger partial charge is 0.310 e. The van der Waals surface area contributed by atoms with Crippen molar-refractivity contribution in [1.82, 2.24) is 14.8 Å². The summed E-state index contributed by atoms with van der Waals surface area (Å²) in [6, 6.07) is 26.0. The number of carbonyl (C=O) groups is 1. The highest BCUT2D eigenvalue weighted by molar-refractivity contribution is 7.99. The summed E-state index contributed by atoms with van der Waals surface area (Å²) in [7, 11) is 0. The van der Waals surface area contributed by atoms with Crippen LogP contribution in [0.3, 0.4) is 0 Å². The Hall–Kier alpha value is -3.38. The molecule has 0 spiro atoms. The molecular formula is C25H24N4OS. The number of nitrogens with zero attached hydrogens (tertiary/aromatic N) is 3. The number of aryl methyl sites for hydroxylation is 1. The second-order valence-electron chi connectivity index (χ2n) is 7.24. The van der Waals surface area contributed by atoms with Crippen LogP contribution in [0.5, 0.6) is 0 Å². The van der Waals surface area contributed by atoms with E-state index in [2.05, 4.69) is 41.5 Å². The molecule has 0 saturated heterocycles. The first kappa shape index (κ1) is 20.9. The molecule has 156 valence electrons. The molecule has 1 N–H and O–H groups in total. The monoisotopic (exact) mass is 428 g/mol. The van der Waals surface area contributed by atoms with Crippen molar-refractivity contribution in [3.63, 3.8) is 0 Å². The van der Waals surface area contributed by atoms with Gasteiger partial charge in [-0.25, -0.2) is 4.68 Å². The van der Waals surface area contributed by atoms with Crippen LogP contribution in [0.2, 0.25) is 0 Å². The van der Waals surface area contributed by atoms with E-state index in [1.165, 1.54) is 0 Å². The molecule has 0 aliphatic rings. The van der Waals surface area contributed by atoms with Crippen LogP contribution in [0.15, 0.2) is 85.1 Å². The van der Waals surface area contributed by atoms with E-state index < -0.39 is 0 Å². The highest BCUT2D eigenvalue weighted by Crippen LogP contribution is 2.26. The van der Waals surface area contributed by atoms with Crippen LogP contribution in [0.4, 0.5) is 5.82 Å². The minimum atomic E-state index is -0.0496. The predicted octanol–water partition coefficient (Wildman–Crippen LogP) is 5.17. The van der Waals surface area contributed by atoms with Crippen molar-refractivity contribution in [2.24, 2.45) is 0 Å². The van der Waals surface area contributed by atoms with Crippen LogP contribution >= 0.6 is 11.8 Å². The first-order valence-electron chi connectivity index (χ1n) is 10.1. The van der Waals surface area contributed by atoms with Crippen molar-refractivity contribution >= 4 is 23.5 Å². The fraction of sp³-hybridized carbons (Fsp3) is 0.160. The number of carbonyl (C=O) groups excluding carboxylic acids is 1.